The van der Waals surface area contributed by atoms with Gasteiger partial charge in [0.25, 0.3) is 5.91 Å². The Morgan fingerprint density at radius 2 is 1.23 bits per heavy atom. The Morgan fingerprint density at radius 1 is 0.667 bits per heavy atom. The van der Waals surface area contributed by atoms with Gasteiger partial charge in [-0.25, -0.2) is 13.2 Å². The predicted molar refractivity (Wildman–Crippen MR) is 118 cm³/mol. The summed E-state index contributed by atoms with van der Waals surface area (Å²) < 4.78 is 25.0. The second kappa shape index (κ2) is 9.10. The smallest absolute Gasteiger partial charge is 0.322 e. The minimum atomic E-state index is -3.41. The Morgan fingerprint density at radius 3 is 1.87 bits per heavy atom. The fourth-order valence-corrected chi connectivity index (χ4v) is 3.15. The monoisotopic (exact) mass is 424 g/mol. The van der Waals surface area contributed by atoms with Crippen molar-refractivity contribution < 1.29 is 18.0 Å². The Labute approximate surface area is 174 Å². The van der Waals surface area contributed by atoms with Gasteiger partial charge < -0.3 is 16.0 Å². The van der Waals surface area contributed by atoms with Gasteiger partial charge in [-0.3, -0.25) is 9.52 Å². The molecule has 0 unspecified atom stereocenters. The fourth-order valence-electron chi connectivity index (χ4n) is 2.60. The zero-order chi connectivity index (χ0) is 21.6. The molecule has 0 saturated carbocycles. The highest BCUT2D eigenvalue weighted by molar-refractivity contribution is 7.92. The zero-order valence-corrected chi connectivity index (χ0v) is 16.9. The first kappa shape index (κ1) is 20.9. The van der Waals surface area contributed by atoms with Crippen LogP contribution in [-0.4, -0.2) is 26.6 Å². The molecule has 3 rings (SSSR count). The highest BCUT2D eigenvalue weighted by Crippen LogP contribution is 2.18. The van der Waals surface area contributed by atoms with Crippen LogP contribution in [0.25, 0.3) is 0 Å². The van der Waals surface area contributed by atoms with Crippen molar-refractivity contribution in [3.05, 3.63) is 84.4 Å². The normalized spacial score (nSPS) is 10.7. The number of carbonyl (C=O) groups is 2. The van der Waals surface area contributed by atoms with Gasteiger partial charge >= 0.3 is 6.03 Å². The molecular weight excluding hydrogens is 404 g/mol. The fraction of sp³-hybridized carbons (Fsp3) is 0.0476. The van der Waals surface area contributed by atoms with E-state index in [2.05, 4.69) is 20.7 Å². The lowest BCUT2D eigenvalue weighted by molar-refractivity contribution is 0.102. The summed E-state index contributed by atoms with van der Waals surface area (Å²) in [7, 11) is -3.41. The number of anilines is 4. The van der Waals surface area contributed by atoms with E-state index in [1.165, 1.54) is 6.07 Å². The van der Waals surface area contributed by atoms with Crippen LogP contribution in [0, 0.1) is 0 Å². The van der Waals surface area contributed by atoms with E-state index < -0.39 is 16.1 Å². The minimum absolute atomic E-state index is 0.347. The van der Waals surface area contributed by atoms with E-state index in [-0.39, 0.29) is 5.91 Å². The lowest BCUT2D eigenvalue weighted by Crippen LogP contribution is -2.19. The van der Waals surface area contributed by atoms with Crippen molar-refractivity contribution in [2.75, 3.05) is 26.9 Å². The summed E-state index contributed by atoms with van der Waals surface area (Å²) in [5, 5.41) is 8.10. The van der Waals surface area contributed by atoms with Crippen molar-refractivity contribution in [2.24, 2.45) is 0 Å². The van der Waals surface area contributed by atoms with E-state index in [0.29, 0.717) is 28.3 Å². The van der Waals surface area contributed by atoms with Gasteiger partial charge in [-0.05, 0) is 54.6 Å². The van der Waals surface area contributed by atoms with Gasteiger partial charge in [-0.15, -0.1) is 0 Å². The average Bonchev–Trinajstić information content (AvgIpc) is 2.68. The van der Waals surface area contributed by atoms with Crippen molar-refractivity contribution in [1.82, 2.24) is 0 Å². The van der Waals surface area contributed by atoms with Gasteiger partial charge in [-0.2, -0.15) is 0 Å². The molecule has 0 radical (unpaired) electrons. The Bertz CT molecular complexity index is 1150. The molecule has 0 bridgehead atoms. The molecule has 0 heterocycles. The average molecular weight is 424 g/mol. The number of hydrogen-bond acceptors (Lipinski definition) is 4. The van der Waals surface area contributed by atoms with Gasteiger partial charge in [0, 0.05) is 22.6 Å². The van der Waals surface area contributed by atoms with Gasteiger partial charge in [-0.1, -0.05) is 24.3 Å². The van der Waals surface area contributed by atoms with E-state index in [0.717, 1.165) is 6.26 Å². The number of sulfonamides is 1. The topological polar surface area (TPSA) is 116 Å². The molecule has 0 fully saturated rings. The van der Waals surface area contributed by atoms with E-state index in [9.17, 15) is 18.0 Å². The van der Waals surface area contributed by atoms with Crippen molar-refractivity contribution in [3.63, 3.8) is 0 Å². The van der Waals surface area contributed by atoms with Crippen molar-refractivity contribution in [1.29, 1.82) is 0 Å². The van der Waals surface area contributed by atoms with E-state index >= 15 is 0 Å². The summed E-state index contributed by atoms with van der Waals surface area (Å²) in [6.45, 7) is 0. The van der Waals surface area contributed by atoms with Crippen LogP contribution in [-0.2, 0) is 10.0 Å². The first-order valence-corrected chi connectivity index (χ1v) is 10.8. The maximum atomic E-state index is 12.4. The SMILES string of the molecule is CS(=O)(=O)Nc1cccc(NC(=O)c2ccc(NC(=O)Nc3ccccc3)cc2)c1. The number of amides is 3. The summed E-state index contributed by atoms with van der Waals surface area (Å²) in [6, 6.07) is 21.4. The summed E-state index contributed by atoms with van der Waals surface area (Å²) in [5.74, 6) is -0.369. The first-order valence-electron chi connectivity index (χ1n) is 8.91. The summed E-state index contributed by atoms with van der Waals surface area (Å²) in [4.78, 5) is 24.5. The molecule has 0 spiro atoms. The summed E-state index contributed by atoms with van der Waals surface area (Å²) >= 11 is 0. The van der Waals surface area contributed by atoms with E-state index in [4.69, 9.17) is 0 Å². The third-order valence-corrected chi connectivity index (χ3v) is 4.47. The third-order valence-electron chi connectivity index (χ3n) is 3.86. The Balaban J connectivity index is 1.60. The summed E-state index contributed by atoms with van der Waals surface area (Å²) in [5.41, 5.74) is 2.36. The number of para-hydroxylation sites is 1. The molecule has 0 aromatic heterocycles. The lowest BCUT2D eigenvalue weighted by atomic mass is 10.2. The number of benzene rings is 3. The van der Waals surface area contributed by atoms with Gasteiger partial charge in [0.15, 0.2) is 0 Å². The molecule has 0 atom stereocenters. The number of hydrogen-bond donors (Lipinski definition) is 4. The zero-order valence-electron chi connectivity index (χ0n) is 16.0. The van der Waals surface area contributed by atoms with Crippen molar-refractivity contribution >= 4 is 44.7 Å². The van der Waals surface area contributed by atoms with Crippen LogP contribution < -0.4 is 20.7 Å². The van der Waals surface area contributed by atoms with Crippen LogP contribution in [0.5, 0.6) is 0 Å². The molecule has 154 valence electrons. The molecule has 3 aromatic rings. The molecule has 3 aromatic carbocycles. The molecule has 0 aliphatic carbocycles. The third kappa shape index (κ3) is 6.35. The standard InChI is InChI=1S/C21H20N4O4S/c1-30(28,29)25-19-9-5-8-18(14-19)22-20(26)15-10-12-17(13-11-15)24-21(27)23-16-6-3-2-4-7-16/h2-14,25H,1H3,(H,22,26)(H2,23,24,27). The lowest BCUT2D eigenvalue weighted by Gasteiger charge is -2.10. The second-order valence-electron chi connectivity index (χ2n) is 6.43. The molecule has 0 aliphatic rings. The molecule has 9 heteroatoms. The molecule has 0 aliphatic heterocycles. The van der Waals surface area contributed by atoms with Crippen molar-refractivity contribution in [3.8, 4) is 0 Å². The molecule has 30 heavy (non-hydrogen) atoms. The summed E-state index contributed by atoms with van der Waals surface area (Å²) in [6.07, 6.45) is 1.05. The van der Waals surface area contributed by atoms with Gasteiger partial charge in [0.1, 0.15) is 0 Å². The minimum Gasteiger partial charge on any atom is -0.322 e. The number of rotatable bonds is 6. The quantitative estimate of drug-likeness (QED) is 0.479. The van der Waals surface area contributed by atoms with Crippen LogP contribution in [0.15, 0.2) is 78.9 Å². The predicted octanol–water partition coefficient (Wildman–Crippen LogP) is 3.95. The van der Waals surface area contributed by atoms with Crippen LogP contribution >= 0.6 is 0 Å². The van der Waals surface area contributed by atoms with Crippen LogP contribution in [0.1, 0.15) is 10.4 Å². The highest BCUT2D eigenvalue weighted by Gasteiger charge is 2.09. The number of carbonyl (C=O) groups excluding carboxylic acids is 2. The van der Waals surface area contributed by atoms with E-state index in [1.807, 2.05) is 18.2 Å². The Kier molecular flexibility index (Phi) is 6.33. The number of urea groups is 1. The van der Waals surface area contributed by atoms with Crippen LogP contribution in [0.2, 0.25) is 0 Å². The molecule has 8 nitrogen and oxygen atoms in total. The Hall–Kier alpha value is -3.85. The maximum absolute atomic E-state index is 12.4. The first-order chi connectivity index (χ1) is 14.3. The molecule has 4 N–H and O–H groups in total. The molecular formula is C21H20N4O4S. The van der Waals surface area contributed by atoms with Crippen LogP contribution in [0.3, 0.4) is 0 Å². The second-order valence-corrected chi connectivity index (χ2v) is 8.18. The van der Waals surface area contributed by atoms with Crippen molar-refractivity contribution in [2.45, 2.75) is 0 Å². The van der Waals surface area contributed by atoms with Crippen LogP contribution in [0.4, 0.5) is 27.5 Å². The highest BCUT2D eigenvalue weighted by atomic mass is 32.2. The molecule has 3 amide bonds. The number of nitrogens with one attached hydrogen (secondary N) is 4. The van der Waals surface area contributed by atoms with E-state index in [1.54, 1.807) is 54.6 Å². The maximum Gasteiger partial charge on any atom is 0.323 e. The largest absolute Gasteiger partial charge is 0.323 e. The molecule has 0 saturated heterocycles. The van der Waals surface area contributed by atoms with Gasteiger partial charge in [0.05, 0.1) is 11.9 Å². The van der Waals surface area contributed by atoms with Gasteiger partial charge in [0.2, 0.25) is 10.0 Å².